The molecule has 0 aromatic carbocycles. The number of hydrogen-bond acceptors (Lipinski definition) is 6. The highest BCUT2D eigenvalue weighted by molar-refractivity contribution is 7.98. The smallest absolute Gasteiger partial charge is 0.318 e. The van der Waals surface area contributed by atoms with Gasteiger partial charge >= 0.3 is 5.97 Å². The van der Waals surface area contributed by atoms with Gasteiger partial charge in [-0.1, -0.05) is 19.0 Å². The molecule has 0 fully saturated rings. The number of thioether (sulfide) groups is 1. The van der Waals surface area contributed by atoms with E-state index < -0.39 is 5.92 Å². The van der Waals surface area contributed by atoms with Gasteiger partial charge in [0.05, 0.1) is 12.4 Å². The molecular weight excluding hydrogens is 252 g/mol. The number of ether oxygens (including phenoxy) is 1. The Bertz CT molecular complexity index is 368. The molecule has 5 nitrogen and oxygen atoms in total. The van der Waals surface area contributed by atoms with Gasteiger partial charge in [0.25, 0.3) is 0 Å². The lowest BCUT2D eigenvalue weighted by molar-refractivity contribution is -0.145. The molecule has 0 saturated carbocycles. The van der Waals surface area contributed by atoms with Gasteiger partial charge in [-0.25, -0.2) is 0 Å². The Morgan fingerprint density at radius 2 is 2.22 bits per heavy atom. The van der Waals surface area contributed by atoms with Gasteiger partial charge < -0.3 is 9.26 Å². The summed E-state index contributed by atoms with van der Waals surface area (Å²) in [5, 5.41) is 3.88. The minimum absolute atomic E-state index is 0.295. The van der Waals surface area contributed by atoms with Gasteiger partial charge in [-0.3, -0.25) is 4.79 Å². The average Bonchev–Trinajstić information content (AvgIpc) is 2.79. The third-order valence-electron chi connectivity index (χ3n) is 2.34. The summed E-state index contributed by atoms with van der Waals surface area (Å²) in [6.07, 6.45) is 1.72. The van der Waals surface area contributed by atoms with Crippen molar-refractivity contribution < 1.29 is 14.1 Å². The van der Waals surface area contributed by atoms with Crippen molar-refractivity contribution in [3.05, 3.63) is 11.7 Å². The summed E-state index contributed by atoms with van der Waals surface area (Å²) in [5.74, 6) is 2.06. The van der Waals surface area contributed by atoms with Crippen LogP contribution in [0.2, 0.25) is 0 Å². The molecule has 1 unspecified atom stereocenters. The van der Waals surface area contributed by atoms with Crippen LogP contribution < -0.4 is 0 Å². The van der Waals surface area contributed by atoms with Crippen molar-refractivity contribution in [3.63, 3.8) is 0 Å². The molecule has 0 aliphatic rings. The number of carbonyl (C=O) groups is 1. The molecule has 1 aromatic heterocycles. The van der Waals surface area contributed by atoms with E-state index in [-0.39, 0.29) is 5.97 Å². The Morgan fingerprint density at radius 1 is 1.44 bits per heavy atom. The average molecular weight is 272 g/mol. The molecule has 6 heteroatoms. The Balaban J connectivity index is 2.61. The van der Waals surface area contributed by atoms with E-state index in [0.29, 0.717) is 24.7 Å². The second-order valence-corrected chi connectivity index (χ2v) is 4.92. The molecule has 1 rings (SSSR count). The fourth-order valence-electron chi connectivity index (χ4n) is 1.46. The molecule has 1 aromatic rings. The van der Waals surface area contributed by atoms with Crippen LogP contribution in [-0.4, -0.2) is 28.5 Å². The molecule has 102 valence electrons. The van der Waals surface area contributed by atoms with E-state index in [1.807, 2.05) is 6.92 Å². The maximum absolute atomic E-state index is 11.7. The van der Waals surface area contributed by atoms with Gasteiger partial charge in [0.1, 0.15) is 5.92 Å². The molecule has 0 radical (unpaired) electrons. The third kappa shape index (κ3) is 4.33. The number of nitrogens with zero attached hydrogens (tertiary/aromatic N) is 2. The summed E-state index contributed by atoms with van der Waals surface area (Å²) in [7, 11) is 0. The van der Waals surface area contributed by atoms with Crippen molar-refractivity contribution in [1.82, 2.24) is 10.1 Å². The highest BCUT2D eigenvalue weighted by atomic mass is 32.2. The van der Waals surface area contributed by atoms with Crippen molar-refractivity contribution in [2.45, 2.75) is 45.3 Å². The van der Waals surface area contributed by atoms with Gasteiger partial charge in [0, 0.05) is 0 Å². The van der Waals surface area contributed by atoms with Gasteiger partial charge in [-0.05, 0) is 25.5 Å². The first-order valence-electron chi connectivity index (χ1n) is 6.29. The van der Waals surface area contributed by atoms with Crippen LogP contribution in [-0.2, 0) is 15.3 Å². The second kappa shape index (κ2) is 8.13. The van der Waals surface area contributed by atoms with Crippen LogP contribution in [0.1, 0.15) is 51.2 Å². The van der Waals surface area contributed by atoms with E-state index in [9.17, 15) is 4.79 Å². The first-order chi connectivity index (χ1) is 8.72. The molecule has 0 aliphatic heterocycles. The summed E-state index contributed by atoms with van der Waals surface area (Å²) >= 11 is 1.76. The van der Waals surface area contributed by atoms with Crippen LogP contribution in [0.4, 0.5) is 0 Å². The van der Waals surface area contributed by atoms with Crippen molar-refractivity contribution in [2.24, 2.45) is 0 Å². The van der Waals surface area contributed by atoms with Gasteiger partial charge in [0.2, 0.25) is 5.89 Å². The molecule has 0 amide bonds. The van der Waals surface area contributed by atoms with Crippen LogP contribution in [0.25, 0.3) is 0 Å². The van der Waals surface area contributed by atoms with E-state index in [2.05, 4.69) is 17.1 Å². The van der Waals surface area contributed by atoms with Crippen LogP contribution >= 0.6 is 11.8 Å². The van der Waals surface area contributed by atoms with Crippen molar-refractivity contribution in [1.29, 1.82) is 0 Å². The zero-order valence-electron chi connectivity index (χ0n) is 11.1. The number of hydrogen-bond donors (Lipinski definition) is 0. The Hall–Kier alpha value is -1.04. The van der Waals surface area contributed by atoms with E-state index in [4.69, 9.17) is 9.26 Å². The molecule has 0 saturated heterocycles. The summed E-state index contributed by atoms with van der Waals surface area (Å²) < 4.78 is 10.1. The zero-order valence-corrected chi connectivity index (χ0v) is 12.0. The van der Waals surface area contributed by atoms with E-state index >= 15 is 0 Å². The number of rotatable bonds is 8. The van der Waals surface area contributed by atoms with E-state index in [1.165, 1.54) is 0 Å². The van der Waals surface area contributed by atoms with Crippen molar-refractivity contribution in [2.75, 3.05) is 12.4 Å². The fraction of sp³-hybridized carbons (Fsp3) is 0.750. The topological polar surface area (TPSA) is 65.2 Å². The molecule has 0 N–H and O–H groups in total. The largest absolute Gasteiger partial charge is 0.465 e. The monoisotopic (exact) mass is 272 g/mol. The molecule has 18 heavy (non-hydrogen) atoms. The lowest BCUT2D eigenvalue weighted by Crippen LogP contribution is -2.15. The fourth-order valence-corrected chi connectivity index (χ4v) is 2.19. The van der Waals surface area contributed by atoms with E-state index in [0.717, 1.165) is 17.9 Å². The maximum atomic E-state index is 11.7. The van der Waals surface area contributed by atoms with Gasteiger partial charge in [0.15, 0.2) is 5.82 Å². The van der Waals surface area contributed by atoms with Gasteiger partial charge in [-0.15, -0.1) is 0 Å². The first-order valence-corrected chi connectivity index (χ1v) is 7.45. The molecule has 0 aliphatic carbocycles. The maximum Gasteiger partial charge on any atom is 0.318 e. The molecule has 0 spiro atoms. The Kier molecular flexibility index (Phi) is 6.78. The van der Waals surface area contributed by atoms with Crippen LogP contribution in [0, 0.1) is 0 Å². The molecule has 1 heterocycles. The normalized spacial score (nSPS) is 12.4. The second-order valence-electron chi connectivity index (χ2n) is 3.81. The minimum atomic E-state index is -0.442. The summed E-state index contributed by atoms with van der Waals surface area (Å²) in [6.45, 7) is 6.17. The number of aromatic nitrogens is 2. The lowest BCUT2D eigenvalue weighted by Gasteiger charge is -2.08. The third-order valence-corrected chi connectivity index (χ3v) is 3.50. The lowest BCUT2D eigenvalue weighted by atomic mass is 10.1. The predicted molar refractivity (Wildman–Crippen MR) is 70.4 cm³/mol. The standard InChI is InChI=1S/C12H20N2O3S/c1-4-7-18-8-10-13-11(17-14-10)9(5-2)12(15)16-6-3/h9H,4-8H2,1-3H3. The number of esters is 1. The summed E-state index contributed by atoms with van der Waals surface area (Å²) in [4.78, 5) is 15.9. The van der Waals surface area contributed by atoms with Crippen LogP contribution in [0.15, 0.2) is 4.52 Å². The van der Waals surface area contributed by atoms with Crippen LogP contribution in [0.3, 0.4) is 0 Å². The molecule has 1 atom stereocenters. The van der Waals surface area contributed by atoms with Crippen molar-refractivity contribution >= 4 is 17.7 Å². The van der Waals surface area contributed by atoms with Crippen molar-refractivity contribution in [3.8, 4) is 0 Å². The minimum Gasteiger partial charge on any atom is -0.465 e. The highest BCUT2D eigenvalue weighted by Gasteiger charge is 2.26. The number of carbonyl (C=O) groups excluding carboxylic acids is 1. The Morgan fingerprint density at radius 3 is 2.83 bits per heavy atom. The summed E-state index contributed by atoms with van der Waals surface area (Å²) in [5.41, 5.74) is 0. The predicted octanol–water partition coefficient (Wildman–Crippen LogP) is 2.77. The van der Waals surface area contributed by atoms with Crippen LogP contribution in [0.5, 0.6) is 0 Å². The quantitative estimate of drug-likeness (QED) is 0.535. The molecular formula is C12H20N2O3S. The zero-order chi connectivity index (χ0) is 13.4. The SMILES string of the molecule is CCCSCc1noc(C(CC)C(=O)OCC)n1. The van der Waals surface area contributed by atoms with E-state index in [1.54, 1.807) is 18.7 Å². The Labute approximate surface area is 112 Å². The first kappa shape index (κ1) is 15.0. The highest BCUT2D eigenvalue weighted by Crippen LogP contribution is 2.20. The molecule has 0 bridgehead atoms. The summed E-state index contributed by atoms with van der Waals surface area (Å²) in [6, 6.07) is 0. The van der Waals surface area contributed by atoms with Gasteiger partial charge in [-0.2, -0.15) is 16.7 Å².